The Morgan fingerprint density at radius 3 is 2.44 bits per heavy atom. The molecule has 1 N–H and O–H groups in total. The van der Waals surface area contributed by atoms with Crippen molar-refractivity contribution in [3.63, 3.8) is 0 Å². The maximum Gasteiger partial charge on any atom is 0.253 e. The maximum absolute atomic E-state index is 13.6. The van der Waals surface area contributed by atoms with Gasteiger partial charge in [0, 0.05) is 37.4 Å². The number of rotatable bonds is 6. The Morgan fingerprint density at radius 2 is 1.69 bits per heavy atom. The number of fused-ring (bicyclic) bond motifs is 1. The van der Waals surface area contributed by atoms with Crippen molar-refractivity contribution in [2.75, 3.05) is 31.1 Å². The van der Waals surface area contributed by atoms with Gasteiger partial charge in [-0.25, -0.2) is 9.07 Å². The molecule has 198 valence electrons. The Balaban J connectivity index is 1.40. The molecular formula is C30H30FN7O. The number of hydrogen-bond donors (Lipinski definition) is 1. The minimum absolute atomic E-state index is 0.144. The van der Waals surface area contributed by atoms with Gasteiger partial charge in [0.2, 0.25) is 0 Å². The van der Waals surface area contributed by atoms with Crippen LogP contribution in [0, 0.1) is 19.7 Å². The van der Waals surface area contributed by atoms with Crippen LogP contribution in [0.2, 0.25) is 0 Å². The van der Waals surface area contributed by atoms with E-state index >= 15 is 0 Å². The minimum atomic E-state index is -0.437. The summed E-state index contributed by atoms with van der Waals surface area (Å²) in [5.74, 6) is 0.381. The standard InChI is InChI=1S/C30H30FN7O/c1-20-16-21(2)27-23(17-20)18-26(30(39)32-27)28(29-33-34-35-38(29)19-22-6-4-3-5-7-22)37-14-12-36(13-15-37)25-10-8-24(31)9-11-25/h3-11,16-18,28H,12-15,19H2,1-2H3,(H,32,39)/t28-/m1/s1. The van der Waals surface area contributed by atoms with Crippen LogP contribution in [0.3, 0.4) is 0 Å². The first kappa shape index (κ1) is 24.9. The predicted molar refractivity (Wildman–Crippen MR) is 149 cm³/mol. The van der Waals surface area contributed by atoms with E-state index in [1.165, 1.54) is 12.1 Å². The van der Waals surface area contributed by atoms with Crippen LogP contribution in [-0.4, -0.2) is 56.3 Å². The van der Waals surface area contributed by atoms with E-state index in [2.05, 4.69) is 49.4 Å². The Hall–Kier alpha value is -4.37. The van der Waals surface area contributed by atoms with E-state index in [9.17, 15) is 9.18 Å². The zero-order valence-electron chi connectivity index (χ0n) is 22.0. The molecule has 3 aromatic carbocycles. The lowest BCUT2D eigenvalue weighted by atomic mass is 10.00. The van der Waals surface area contributed by atoms with E-state index in [1.807, 2.05) is 55.5 Å². The lowest BCUT2D eigenvalue weighted by Crippen LogP contribution is -2.49. The minimum Gasteiger partial charge on any atom is -0.369 e. The molecule has 0 radical (unpaired) electrons. The number of nitrogens with zero attached hydrogens (tertiary/aromatic N) is 6. The molecule has 5 aromatic rings. The molecule has 0 saturated carbocycles. The number of tetrazole rings is 1. The monoisotopic (exact) mass is 523 g/mol. The Morgan fingerprint density at radius 1 is 0.949 bits per heavy atom. The number of nitrogens with one attached hydrogen (secondary N) is 1. The lowest BCUT2D eigenvalue weighted by molar-refractivity contribution is 0.200. The van der Waals surface area contributed by atoms with Gasteiger partial charge in [0.25, 0.3) is 5.56 Å². The van der Waals surface area contributed by atoms with E-state index < -0.39 is 6.04 Å². The molecule has 1 aliphatic heterocycles. The number of piperazine rings is 1. The summed E-state index contributed by atoms with van der Waals surface area (Å²) in [6.45, 7) is 7.40. The number of anilines is 1. The van der Waals surface area contributed by atoms with Crippen LogP contribution >= 0.6 is 0 Å². The van der Waals surface area contributed by atoms with Crippen LogP contribution in [0.5, 0.6) is 0 Å². The Bertz CT molecular complexity index is 1660. The second kappa shape index (κ2) is 10.4. The van der Waals surface area contributed by atoms with Gasteiger partial charge in [-0.1, -0.05) is 42.0 Å². The molecule has 9 heteroatoms. The van der Waals surface area contributed by atoms with Crippen LogP contribution in [0.1, 0.15) is 34.1 Å². The average Bonchev–Trinajstić information content (AvgIpc) is 3.38. The molecule has 6 rings (SSSR count). The van der Waals surface area contributed by atoms with Gasteiger partial charge < -0.3 is 9.88 Å². The molecular weight excluding hydrogens is 493 g/mol. The molecule has 0 bridgehead atoms. The quantitative estimate of drug-likeness (QED) is 0.359. The van der Waals surface area contributed by atoms with Crippen LogP contribution in [0.15, 0.2) is 77.6 Å². The van der Waals surface area contributed by atoms with Crippen LogP contribution < -0.4 is 10.5 Å². The fourth-order valence-electron chi connectivity index (χ4n) is 5.57. The molecule has 0 spiro atoms. The third-order valence-electron chi connectivity index (χ3n) is 7.47. The van der Waals surface area contributed by atoms with Gasteiger partial charge in [0.05, 0.1) is 12.1 Å². The van der Waals surface area contributed by atoms with Crippen molar-refractivity contribution >= 4 is 16.6 Å². The van der Waals surface area contributed by atoms with Gasteiger partial charge in [-0.05, 0) is 77.2 Å². The van der Waals surface area contributed by atoms with Crippen LogP contribution in [0.25, 0.3) is 10.9 Å². The number of H-pyrrole nitrogens is 1. The second-order valence-electron chi connectivity index (χ2n) is 10.2. The molecule has 0 unspecified atom stereocenters. The van der Waals surface area contributed by atoms with Crippen molar-refractivity contribution in [1.82, 2.24) is 30.1 Å². The van der Waals surface area contributed by atoms with Crippen molar-refractivity contribution in [3.8, 4) is 0 Å². The predicted octanol–water partition coefficient (Wildman–Crippen LogP) is 4.23. The zero-order chi connectivity index (χ0) is 26.9. The average molecular weight is 524 g/mol. The first-order valence-electron chi connectivity index (χ1n) is 13.1. The van der Waals surface area contributed by atoms with Gasteiger partial charge in [0.15, 0.2) is 5.82 Å². The van der Waals surface area contributed by atoms with Gasteiger partial charge in [-0.3, -0.25) is 9.69 Å². The summed E-state index contributed by atoms with van der Waals surface area (Å²) >= 11 is 0. The van der Waals surface area contributed by atoms with E-state index in [-0.39, 0.29) is 11.4 Å². The lowest BCUT2D eigenvalue weighted by Gasteiger charge is -2.39. The fourth-order valence-corrected chi connectivity index (χ4v) is 5.57. The number of aromatic nitrogens is 5. The molecule has 1 aliphatic rings. The number of aromatic amines is 1. The summed E-state index contributed by atoms with van der Waals surface area (Å²) in [4.78, 5) is 21.3. The van der Waals surface area contributed by atoms with Crippen LogP contribution in [-0.2, 0) is 6.54 Å². The number of benzene rings is 3. The van der Waals surface area contributed by atoms with Crippen molar-refractivity contribution in [3.05, 3.63) is 117 Å². The van der Waals surface area contributed by atoms with Gasteiger partial charge in [-0.15, -0.1) is 5.10 Å². The summed E-state index contributed by atoms with van der Waals surface area (Å²) in [6.07, 6.45) is 0. The SMILES string of the molecule is Cc1cc(C)c2[nH]c(=O)c([C@H](c3nnnn3Cc3ccccc3)N3CCN(c4ccc(F)cc4)CC3)cc2c1. The van der Waals surface area contributed by atoms with Crippen LogP contribution in [0.4, 0.5) is 10.1 Å². The molecule has 0 aliphatic carbocycles. The summed E-state index contributed by atoms with van der Waals surface area (Å²) in [5.41, 5.74) is 5.55. The number of hydrogen-bond acceptors (Lipinski definition) is 6. The molecule has 39 heavy (non-hydrogen) atoms. The second-order valence-corrected chi connectivity index (χ2v) is 10.2. The highest BCUT2D eigenvalue weighted by Gasteiger charge is 2.33. The number of halogens is 1. The summed E-state index contributed by atoms with van der Waals surface area (Å²) in [6, 6.07) is 22.3. The van der Waals surface area contributed by atoms with E-state index in [1.54, 1.807) is 4.68 Å². The highest BCUT2D eigenvalue weighted by Crippen LogP contribution is 2.30. The third kappa shape index (κ3) is 5.05. The van der Waals surface area contributed by atoms with E-state index in [0.717, 1.165) is 46.4 Å². The highest BCUT2D eigenvalue weighted by atomic mass is 19.1. The third-order valence-corrected chi connectivity index (χ3v) is 7.47. The first-order valence-corrected chi connectivity index (χ1v) is 13.1. The molecule has 1 saturated heterocycles. The first-order chi connectivity index (χ1) is 19.0. The van der Waals surface area contributed by atoms with Gasteiger partial charge >= 0.3 is 0 Å². The molecule has 2 aromatic heterocycles. The highest BCUT2D eigenvalue weighted by molar-refractivity contribution is 5.83. The normalized spacial score (nSPS) is 15.1. The molecule has 0 amide bonds. The van der Waals surface area contributed by atoms with Crippen molar-refractivity contribution in [2.24, 2.45) is 0 Å². The topological polar surface area (TPSA) is 82.9 Å². The molecule has 8 nitrogen and oxygen atoms in total. The summed E-state index contributed by atoms with van der Waals surface area (Å²) in [7, 11) is 0. The summed E-state index contributed by atoms with van der Waals surface area (Å²) < 4.78 is 15.3. The Kier molecular flexibility index (Phi) is 6.66. The Labute approximate surface area is 225 Å². The maximum atomic E-state index is 13.6. The molecule has 3 heterocycles. The van der Waals surface area contributed by atoms with E-state index in [0.29, 0.717) is 31.0 Å². The van der Waals surface area contributed by atoms with E-state index in [4.69, 9.17) is 0 Å². The van der Waals surface area contributed by atoms with Crippen molar-refractivity contribution in [1.29, 1.82) is 0 Å². The largest absolute Gasteiger partial charge is 0.369 e. The molecule has 1 atom stereocenters. The number of pyridine rings is 1. The smallest absolute Gasteiger partial charge is 0.253 e. The number of aryl methyl sites for hydroxylation is 2. The van der Waals surface area contributed by atoms with Gasteiger partial charge in [-0.2, -0.15) is 0 Å². The van der Waals surface area contributed by atoms with Gasteiger partial charge in [0.1, 0.15) is 11.9 Å². The van der Waals surface area contributed by atoms with Crippen molar-refractivity contribution in [2.45, 2.75) is 26.4 Å². The zero-order valence-corrected chi connectivity index (χ0v) is 22.0. The van der Waals surface area contributed by atoms with Crippen molar-refractivity contribution < 1.29 is 4.39 Å². The summed E-state index contributed by atoms with van der Waals surface area (Å²) in [5, 5.41) is 13.8. The molecule has 1 fully saturated rings. The fraction of sp³-hybridized carbons (Fsp3) is 0.267.